The molecule has 7 nitrogen and oxygen atoms in total. The first-order valence-electron chi connectivity index (χ1n) is 12.6. The van der Waals surface area contributed by atoms with Crippen LogP contribution in [0.5, 0.6) is 5.75 Å². The zero-order valence-electron chi connectivity index (χ0n) is 20.5. The van der Waals surface area contributed by atoms with Crippen LogP contribution in [0.3, 0.4) is 0 Å². The van der Waals surface area contributed by atoms with E-state index in [0.29, 0.717) is 23.7 Å². The number of aliphatic hydroxyl groups is 2. The number of hydrogen-bond donors (Lipinski definition) is 3. The molecule has 2 heterocycles. The molecule has 1 aromatic heterocycles. The third-order valence-corrected chi connectivity index (χ3v) is 7.67. The summed E-state index contributed by atoms with van der Waals surface area (Å²) in [4.78, 5) is 18.7. The number of halogens is 1. The first-order valence-corrected chi connectivity index (χ1v) is 13.0. The highest BCUT2D eigenvalue weighted by atomic mass is 35.5. The van der Waals surface area contributed by atoms with Gasteiger partial charge >= 0.3 is 6.09 Å². The summed E-state index contributed by atoms with van der Waals surface area (Å²) < 4.78 is 11.8. The summed E-state index contributed by atoms with van der Waals surface area (Å²) >= 11 is 6.30. The number of ether oxygens (including phenoxy) is 2. The normalized spacial score (nSPS) is 18.4. The quantitative estimate of drug-likeness (QED) is 0.403. The number of nitrogens with one attached hydrogen (secondary N) is 1. The molecule has 1 fully saturated rings. The third kappa shape index (κ3) is 4.92. The van der Waals surface area contributed by atoms with Crippen LogP contribution in [0.25, 0.3) is 10.9 Å². The molecule has 0 saturated heterocycles. The van der Waals surface area contributed by atoms with Crippen molar-refractivity contribution >= 4 is 28.6 Å². The van der Waals surface area contributed by atoms with Gasteiger partial charge in [0.25, 0.3) is 0 Å². The minimum Gasteiger partial charge on any atom is -0.493 e. The molecule has 192 valence electrons. The lowest BCUT2D eigenvalue weighted by Gasteiger charge is -2.36. The number of nitrogens with zero attached hydrogens (tertiary/aromatic N) is 1. The summed E-state index contributed by atoms with van der Waals surface area (Å²) in [6.07, 6.45) is 4.47. The summed E-state index contributed by atoms with van der Waals surface area (Å²) in [6.45, 7) is 2.16. The minimum atomic E-state index is -0.719. The predicted octanol–water partition coefficient (Wildman–Crippen LogP) is 5.22. The lowest BCUT2D eigenvalue weighted by Crippen LogP contribution is -2.42. The highest BCUT2D eigenvalue weighted by molar-refractivity contribution is 6.31. The molecule has 2 aliphatic rings. The molecule has 8 heteroatoms. The molecule has 1 saturated carbocycles. The number of aromatic amines is 1. The van der Waals surface area contributed by atoms with Crippen LogP contribution in [-0.2, 0) is 11.2 Å². The van der Waals surface area contributed by atoms with Crippen LogP contribution < -0.4 is 4.74 Å². The average Bonchev–Trinajstić information content (AvgIpc) is 3.54. The Morgan fingerprint density at radius 1 is 1.14 bits per heavy atom. The van der Waals surface area contributed by atoms with Crippen LogP contribution in [0.15, 0.2) is 42.5 Å². The van der Waals surface area contributed by atoms with E-state index in [1.54, 1.807) is 6.92 Å². The van der Waals surface area contributed by atoms with Gasteiger partial charge in [-0.15, -0.1) is 0 Å². The van der Waals surface area contributed by atoms with Crippen molar-refractivity contribution in [3.05, 3.63) is 64.3 Å². The second kappa shape index (κ2) is 10.3. The summed E-state index contributed by atoms with van der Waals surface area (Å²) in [6, 6.07) is 13.1. The zero-order valence-corrected chi connectivity index (χ0v) is 21.3. The van der Waals surface area contributed by atoms with E-state index in [4.69, 9.17) is 21.1 Å². The molecular formula is C28H33ClN2O5. The number of fused-ring (bicyclic) bond motifs is 3. The van der Waals surface area contributed by atoms with Crippen LogP contribution in [0, 0.1) is 5.41 Å². The summed E-state index contributed by atoms with van der Waals surface area (Å²) in [5.41, 5.74) is 3.36. The Bertz CT molecular complexity index is 1210. The van der Waals surface area contributed by atoms with Gasteiger partial charge in [-0.05, 0) is 73.6 Å². The van der Waals surface area contributed by atoms with Crippen molar-refractivity contribution in [1.82, 2.24) is 9.88 Å². The van der Waals surface area contributed by atoms with Gasteiger partial charge in [0.2, 0.25) is 0 Å². The van der Waals surface area contributed by atoms with Crippen LogP contribution in [0.4, 0.5) is 4.79 Å². The second-order valence-corrected chi connectivity index (χ2v) is 10.8. The first kappa shape index (κ1) is 24.9. The van der Waals surface area contributed by atoms with Gasteiger partial charge in [0.15, 0.2) is 0 Å². The third-order valence-electron chi connectivity index (χ3n) is 7.44. The average molecular weight is 513 g/mol. The Hall–Kier alpha value is -2.74. The van der Waals surface area contributed by atoms with Gasteiger partial charge in [-0.1, -0.05) is 30.7 Å². The van der Waals surface area contributed by atoms with Crippen molar-refractivity contribution < 1.29 is 24.5 Å². The van der Waals surface area contributed by atoms with Crippen molar-refractivity contribution in [2.45, 2.75) is 51.2 Å². The Morgan fingerprint density at radius 2 is 1.86 bits per heavy atom. The Morgan fingerprint density at radius 3 is 2.56 bits per heavy atom. The number of aromatic nitrogens is 1. The highest BCUT2D eigenvalue weighted by Crippen LogP contribution is 2.40. The van der Waals surface area contributed by atoms with Gasteiger partial charge < -0.3 is 24.7 Å². The van der Waals surface area contributed by atoms with E-state index in [1.807, 2.05) is 47.4 Å². The van der Waals surface area contributed by atoms with Crippen LogP contribution >= 0.6 is 11.6 Å². The van der Waals surface area contributed by atoms with Crippen LogP contribution in [-0.4, -0.2) is 58.7 Å². The lowest BCUT2D eigenvalue weighted by atomic mass is 9.92. The van der Waals surface area contributed by atoms with E-state index < -0.39 is 5.41 Å². The van der Waals surface area contributed by atoms with Gasteiger partial charge in [-0.25, -0.2) is 4.79 Å². The highest BCUT2D eigenvalue weighted by Gasteiger charge is 2.36. The predicted molar refractivity (Wildman–Crippen MR) is 139 cm³/mol. The molecule has 1 aliphatic carbocycles. The number of H-pyrrole nitrogens is 1. The number of carbonyl (C=O) groups excluding carboxylic acids is 1. The van der Waals surface area contributed by atoms with Crippen LogP contribution in [0.1, 0.15) is 55.5 Å². The molecule has 0 bridgehead atoms. The molecule has 0 radical (unpaired) electrons. The molecular weight excluding hydrogens is 480 g/mol. The van der Waals surface area contributed by atoms with Crippen molar-refractivity contribution in [3.8, 4) is 5.75 Å². The Balaban J connectivity index is 1.46. The minimum absolute atomic E-state index is 0.01000. The number of carbonyl (C=O) groups is 1. The monoisotopic (exact) mass is 512 g/mol. The topological polar surface area (TPSA) is 95.0 Å². The van der Waals surface area contributed by atoms with Gasteiger partial charge in [0.05, 0.1) is 19.8 Å². The first-order chi connectivity index (χ1) is 17.4. The maximum absolute atomic E-state index is 13.4. The summed E-state index contributed by atoms with van der Waals surface area (Å²) in [5, 5.41) is 20.8. The van der Waals surface area contributed by atoms with Gasteiger partial charge in [-0.2, -0.15) is 0 Å². The molecule has 5 rings (SSSR count). The Kier molecular flexibility index (Phi) is 7.15. The summed E-state index contributed by atoms with van der Waals surface area (Å²) in [5.74, 6) is 0.631. The molecule has 1 atom stereocenters. The van der Waals surface area contributed by atoms with E-state index in [2.05, 4.69) is 4.98 Å². The SMILES string of the molecule is CC(CO)(CO)COc1ccc([C@H]2c3[nH]c4ccc(Cl)cc4c3CCN2C(=O)OC2CCCC2)cc1. The smallest absolute Gasteiger partial charge is 0.410 e. The molecule has 2 aromatic carbocycles. The van der Waals surface area contributed by atoms with Crippen molar-refractivity contribution in [3.63, 3.8) is 0 Å². The molecule has 1 aliphatic heterocycles. The molecule has 0 spiro atoms. The van der Waals surface area contributed by atoms with Crippen molar-refractivity contribution in [2.75, 3.05) is 26.4 Å². The molecule has 0 unspecified atom stereocenters. The number of aliphatic hydroxyl groups excluding tert-OH is 2. The molecule has 1 amide bonds. The van der Waals surface area contributed by atoms with E-state index in [9.17, 15) is 15.0 Å². The standard InChI is InChI=1S/C28H33ClN2O5/c1-28(15-32,16-33)17-35-20-9-6-18(7-10-20)26-25-22(23-14-19(29)8-11-24(23)30-25)12-13-31(26)27(34)36-21-4-2-3-5-21/h6-11,14,21,26,30,32-33H,2-5,12-13,15-17H2,1H3/t26-/m0/s1. The largest absolute Gasteiger partial charge is 0.493 e. The number of hydrogen-bond acceptors (Lipinski definition) is 5. The molecule has 3 N–H and O–H groups in total. The van der Waals surface area contributed by atoms with E-state index in [1.165, 1.54) is 5.56 Å². The maximum Gasteiger partial charge on any atom is 0.410 e. The van der Waals surface area contributed by atoms with Crippen LogP contribution in [0.2, 0.25) is 5.02 Å². The van der Waals surface area contributed by atoms with Gasteiger partial charge in [-0.3, -0.25) is 4.90 Å². The zero-order chi connectivity index (χ0) is 25.3. The number of amides is 1. The van der Waals surface area contributed by atoms with Gasteiger partial charge in [0.1, 0.15) is 17.9 Å². The fourth-order valence-corrected chi connectivity index (χ4v) is 5.34. The summed E-state index contributed by atoms with van der Waals surface area (Å²) in [7, 11) is 0. The maximum atomic E-state index is 13.4. The van der Waals surface area contributed by atoms with E-state index in [0.717, 1.165) is 47.8 Å². The van der Waals surface area contributed by atoms with E-state index in [-0.39, 0.29) is 38.1 Å². The van der Waals surface area contributed by atoms with Crippen molar-refractivity contribution in [1.29, 1.82) is 0 Å². The fourth-order valence-electron chi connectivity index (χ4n) is 5.17. The second-order valence-electron chi connectivity index (χ2n) is 10.3. The Labute approximate surface area is 216 Å². The molecule has 3 aromatic rings. The van der Waals surface area contributed by atoms with Crippen molar-refractivity contribution in [2.24, 2.45) is 5.41 Å². The number of benzene rings is 2. The van der Waals surface area contributed by atoms with E-state index >= 15 is 0 Å². The number of rotatable bonds is 7. The van der Waals surface area contributed by atoms with Gasteiger partial charge in [0, 0.05) is 33.6 Å². The lowest BCUT2D eigenvalue weighted by molar-refractivity contribution is 0.0287. The molecule has 36 heavy (non-hydrogen) atoms. The fraction of sp³-hybridized carbons (Fsp3) is 0.464.